The van der Waals surface area contributed by atoms with Crippen LogP contribution in [-0.4, -0.2) is 47.2 Å². The van der Waals surface area contributed by atoms with E-state index in [0.29, 0.717) is 6.04 Å². The Bertz CT molecular complexity index is 270. The minimum atomic E-state index is -0.669. The van der Waals surface area contributed by atoms with Crippen LogP contribution in [0.2, 0.25) is 0 Å². The lowest BCUT2D eigenvalue weighted by atomic mass is 9.85. The Morgan fingerprint density at radius 3 is 3.06 bits per heavy atom. The molecule has 2 N–H and O–H groups in total. The molecule has 2 unspecified atom stereocenters. The number of carboxylic acid groups (broad SMARTS) is 1. The van der Waals surface area contributed by atoms with Gasteiger partial charge in [0.05, 0.1) is 6.42 Å². The van der Waals surface area contributed by atoms with Crippen LogP contribution in [-0.2, 0) is 4.79 Å². The van der Waals surface area contributed by atoms with E-state index in [9.17, 15) is 4.79 Å². The molecule has 0 aromatic carbocycles. The average Bonchev–Trinajstić information content (AvgIpc) is 2.79. The molecule has 2 heterocycles. The van der Waals surface area contributed by atoms with Gasteiger partial charge in [0.2, 0.25) is 0 Å². The first-order valence-corrected chi connectivity index (χ1v) is 6.39. The van der Waals surface area contributed by atoms with Crippen LogP contribution in [0.15, 0.2) is 0 Å². The van der Waals surface area contributed by atoms with Gasteiger partial charge in [-0.3, -0.25) is 9.69 Å². The lowest BCUT2D eigenvalue weighted by molar-refractivity contribution is -0.139. The van der Waals surface area contributed by atoms with Crippen LogP contribution in [0.4, 0.5) is 0 Å². The van der Waals surface area contributed by atoms with Crippen LogP contribution in [0.3, 0.4) is 0 Å². The standard InChI is InChI=1S/C12H22N2O2/c1-2-6-13-12(9-11(15)16)5-8-14-7-3-4-10(12)14/h10,13H,2-9H2,1H3,(H,15,16). The lowest BCUT2D eigenvalue weighted by Gasteiger charge is -2.35. The molecule has 0 aliphatic carbocycles. The monoisotopic (exact) mass is 226 g/mol. The van der Waals surface area contributed by atoms with Gasteiger partial charge in [0, 0.05) is 18.1 Å². The van der Waals surface area contributed by atoms with Gasteiger partial charge in [-0.05, 0) is 38.8 Å². The lowest BCUT2D eigenvalue weighted by Crippen LogP contribution is -2.54. The Hall–Kier alpha value is -0.610. The third kappa shape index (κ3) is 2.09. The molecule has 2 saturated heterocycles. The normalized spacial score (nSPS) is 34.2. The third-order valence-electron chi connectivity index (χ3n) is 4.04. The Morgan fingerprint density at radius 2 is 2.38 bits per heavy atom. The maximum Gasteiger partial charge on any atom is 0.305 e. The van der Waals surface area contributed by atoms with E-state index < -0.39 is 5.97 Å². The van der Waals surface area contributed by atoms with E-state index in [4.69, 9.17) is 5.11 Å². The zero-order valence-electron chi connectivity index (χ0n) is 10.0. The van der Waals surface area contributed by atoms with Crippen molar-refractivity contribution in [1.82, 2.24) is 10.2 Å². The number of rotatable bonds is 5. The maximum atomic E-state index is 11.1. The quantitative estimate of drug-likeness (QED) is 0.736. The van der Waals surface area contributed by atoms with E-state index in [-0.39, 0.29) is 12.0 Å². The fourth-order valence-corrected chi connectivity index (χ4v) is 3.35. The second-order valence-electron chi connectivity index (χ2n) is 5.10. The highest BCUT2D eigenvalue weighted by Crippen LogP contribution is 2.38. The maximum absolute atomic E-state index is 11.1. The molecule has 0 bridgehead atoms. The predicted molar refractivity (Wildman–Crippen MR) is 62.5 cm³/mol. The van der Waals surface area contributed by atoms with Crippen LogP contribution in [0.1, 0.15) is 39.0 Å². The summed E-state index contributed by atoms with van der Waals surface area (Å²) in [6, 6.07) is 0.454. The number of hydrogen-bond acceptors (Lipinski definition) is 3. The highest BCUT2D eigenvalue weighted by molar-refractivity contribution is 5.68. The Balaban J connectivity index is 2.10. The summed E-state index contributed by atoms with van der Waals surface area (Å²) >= 11 is 0. The number of nitrogens with one attached hydrogen (secondary N) is 1. The Kier molecular flexibility index (Phi) is 3.50. The molecule has 0 aromatic heterocycles. The molecule has 0 aromatic rings. The third-order valence-corrected chi connectivity index (χ3v) is 4.04. The van der Waals surface area contributed by atoms with Gasteiger partial charge in [-0.15, -0.1) is 0 Å². The summed E-state index contributed by atoms with van der Waals surface area (Å²) in [5.41, 5.74) is -0.154. The van der Waals surface area contributed by atoms with Crippen molar-refractivity contribution in [1.29, 1.82) is 0 Å². The molecule has 2 aliphatic heterocycles. The van der Waals surface area contributed by atoms with Crippen LogP contribution in [0.5, 0.6) is 0 Å². The summed E-state index contributed by atoms with van der Waals surface area (Å²) in [5.74, 6) is -0.669. The largest absolute Gasteiger partial charge is 0.481 e. The van der Waals surface area contributed by atoms with Gasteiger partial charge in [0.1, 0.15) is 0 Å². The fraction of sp³-hybridized carbons (Fsp3) is 0.917. The summed E-state index contributed by atoms with van der Waals surface area (Å²) in [7, 11) is 0. The molecular formula is C12H22N2O2. The molecule has 2 atom stereocenters. The highest BCUT2D eigenvalue weighted by atomic mass is 16.4. The predicted octanol–water partition coefficient (Wildman–Crippen LogP) is 1.07. The Morgan fingerprint density at radius 1 is 1.56 bits per heavy atom. The summed E-state index contributed by atoms with van der Waals surface area (Å²) < 4.78 is 0. The molecule has 2 rings (SSSR count). The van der Waals surface area contributed by atoms with E-state index in [2.05, 4.69) is 17.1 Å². The van der Waals surface area contributed by atoms with E-state index >= 15 is 0 Å². The first kappa shape index (κ1) is 11.9. The van der Waals surface area contributed by atoms with Gasteiger partial charge >= 0.3 is 5.97 Å². The minimum Gasteiger partial charge on any atom is -0.481 e. The number of carbonyl (C=O) groups is 1. The van der Waals surface area contributed by atoms with Crippen molar-refractivity contribution in [3.63, 3.8) is 0 Å². The van der Waals surface area contributed by atoms with Crippen molar-refractivity contribution in [2.75, 3.05) is 19.6 Å². The number of nitrogens with zero attached hydrogens (tertiary/aromatic N) is 1. The van der Waals surface area contributed by atoms with Gasteiger partial charge in [-0.2, -0.15) is 0 Å². The second kappa shape index (κ2) is 4.72. The van der Waals surface area contributed by atoms with Crippen molar-refractivity contribution >= 4 is 5.97 Å². The summed E-state index contributed by atoms with van der Waals surface area (Å²) in [6.07, 6.45) is 4.70. The van der Waals surface area contributed by atoms with Gasteiger partial charge in [0.15, 0.2) is 0 Å². The zero-order chi connectivity index (χ0) is 11.6. The highest BCUT2D eigenvalue weighted by Gasteiger charge is 2.49. The smallest absolute Gasteiger partial charge is 0.305 e. The topological polar surface area (TPSA) is 52.6 Å². The number of aliphatic carboxylic acids is 1. The molecule has 0 saturated carbocycles. The van der Waals surface area contributed by atoms with Crippen LogP contribution in [0.25, 0.3) is 0 Å². The number of hydrogen-bond donors (Lipinski definition) is 2. The number of carboxylic acids is 1. The van der Waals surface area contributed by atoms with E-state index in [1.54, 1.807) is 0 Å². The SMILES string of the molecule is CCCNC1(CC(=O)O)CCN2CCCC21. The molecule has 4 nitrogen and oxygen atoms in total. The molecular weight excluding hydrogens is 204 g/mol. The first-order valence-electron chi connectivity index (χ1n) is 6.39. The molecule has 92 valence electrons. The zero-order valence-corrected chi connectivity index (χ0v) is 10.0. The van der Waals surface area contributed by atoms with E-state index in [0.717, 1.165) is 38.9 Å². The van der Waals surface area contributed by atoms with Gasteiger partial charge in [0.25, 0.3) is 0 Å². The molecule has 16 heavy (non-hydrogen) atoms. The summed E-state index contributed by atoms with van der Waals surface area (Å²) in [4.78, 5) is 13.5. The van der Waals surface area contributed by atoms with E-state index in [1.165, 1.54) is 6.42 Å². The first-order chi connectivity index (χ1) is 7.68. The molecule has 0 spiro atoms. The van der Waals surface area contributed by atoms with Crippen molar-refractivity contribution in [3.8, 4) is 0 Å². The fourth-order valence-electron chi connectivity index (χ4n) is 3.35. The summed E-state index contributed by atoms with van der Waals surface area (Å²) in [5, 5.41) is 12.6. The van der Waals surface area contributed by atoms with Crippen LogP contribution < -0.4 is 5.32 Å². The van der Waals surface area contributed by atoms with E-state index in [1.807, 2.05) is 0 Å². The molecule has 2 aliphatic rings. The van der Waals surface area contributed by atoms with Crippen molar-refractivity contribution in [3.05, 3.63) is 0 Å². The van der Waals surface area contributed by atoms with Gasteiger partial charge in [-0.25, -0.2) is 0 Å². The van der Waals surface area contributed by atoms with Crippen LogP contribution >= 0.6 is 0 Å². The molecule has 4 heteroatoms. The second-order valence-corrected chi connectivity index (χ2v) is 5.10. The minimum absolute atomic E-state index is 0.154. The Labute approximate surface area is 97.0 Å². The molecule has 0 radical (unpaired) electrons. The average molecular weight is 226 g/mol. The van der Waals surface area contributed by atoms with Crippen LogP contribution in [0, 0.1) is 0 Å². The van der Waals surface area contributed by atoms with Crippen molar-refractivity contribution in [2.45, 2.75) is 50.6 Å². The number of fused-ring (bicyclic) bond motifs is 1. The van der Waals surface area contributed by atoms with Crippen molar-refractivity contribution < 1.29 is 9.90 Å². The molecule has 2 fully saturated rings. The van der Waals surface area contributed by atoms with Crippen molar-refractivity contribution in [2.24, 2.45) is 0 Å². The summed E-state index contributed by atoms with van der Waals surface area (Å²) in [6.45, 7) is 5.27. The van der Waals surface area contributed by atoms with Gasteiger partial charge in [-0.1, -0.05) is 6.92 Å². The van der Waals surface area contributed by atoms with Gasteiger partial charge < -0.3 is 10.4 Å². The molecule has 0 amide bonds.